The number of nitrogens with two attached hydrogens (primary N) is 1. The molecule has 0 saturated heterocycles. The van der Waals surface area contributed by atoms with Crippen LogP contribution in [0.4, 0.5) is 0 Å². The molecule has 0 amide bonds. The lowest BCUT2D eigenvalue weighted by atomic mass is 10.1. The second-order valence-electron chi connectivity index (χ2n) is 4.87. The highest BCUT2D eigenvalue weighted by atomic mass is 32.2. The summed E-state index contributed by atoms with van der Waals surface area (Å²) in [4.78, 5) is 1.17. The fraction of sp³-hybridized carbons (Fsp3) is 0.500. The molecule has 0 unspecified atom stereocenters. The molecule has 2 rings (SSSR count). The largest absolute Gasteiger partial charge is 0.384 e. The lowest BCUT2D eigenvalue weighted by molar-refractivity contribution is 0.623. The Morgan fingerprint density at radius 3 is 2.76 bits per heavy atom. The zero-order valence-electron chi connectivity index (χ0n) is 10.3. The monoisotopic (exact) mass is 248 g/mol. The summed E-state index contributed by atoms with van der Waals surface area (Å²) in [5, 5.41) is 7.60. The van der Waals surface area contributed by atoms with Crippen LogP contribution >= 0.6 is 11.8 Å². The molecule has 0 atom stereocenters. The van der Waals surface area contributed by atoms with Crippen molar-refractivity contribution in [1.29, 1.82) is 5.41 Å². The van der Waals surface area contributed by atoms with E-state index in [2.05, 4.69) is 13.0 Å². The number of hydrogen-bond donors (Lipinski definition) is 2. The summed E-state index contributed by atoms with van der Waals surface area (Å²) in [7, 11) is 0. The van der Waals surface area contributed by atoms with Gasteiger partial charge in [0.1, 0.15) is 5.84 Å². The van der Waals surface area contributed by atoms with Crippen molar-refractivity contribution in [3.05, 3.63) is 29.3 Å². The van der Waals surface area contributed by atoms with Crippen LogP contribution < -0.4 is 5.73 Å². The average Bonchev–Trinajstić information content (AvgIpc) is 2.78. The van der Waals surface area contributed by atoms with Gasteiger partial charge < -0.3 is 5.73 Å². The average molecular weight is 248 g/mol. The molecule has 1 aromatic carbocycles. The van der Waals surface area contributed by atoms with Crippen molar-refractivity contribution in [3.63, 3.8) is 0 Å². The van der Waals surface area contributed by atoms with Crippen molar-refractivity contribution in [2.75, 3.05) is 5.75 Å². The first-order valence-electron chi connectivity index (χ1n) is 6.24. The molecule has 92 valence electrons. The number of thioether (sulfide) groups is 1. The molecule has 0 radical (unpaired) electrons. The summed E-state index contributed by atoms with van der Waals surface area (Å²) in [5.41, 5.74) is 7.75. The van der Waals surface area contributed by atoms with Crippen LogP contribution in [0.1, 0.15) is 36.8 Å². The number of nitrogen functional groups attached to an aromatic ring is 1. The number of hydrogen-bond acceptors (Lipinski definition) is 2. The van der Waals surface area contributed by atoms with Gasteiger partial charge in [-0.05, 0) is 43.4 Å². The Hall–Kier alpha value is -0.960. The molecule has 0 aliphatic heterocycles. The van der Waals surface area contributed by atoms with Gasteiger partial charge in [0, 0.05) is 16.2 Å². The molecule has 1 aliphatic rings. The maximum atomic E-state index is 7.60. The summed E-state index contributed by atoms with van der Waals surface area (Å²) in [6.45, 7) is 2.09. The zero-order chi connectivity index (χ0) is 12.3. The number of rotatable bonds is 4. The normalized spacial score (nSPS) is 16.3. The van der Waals surface area contributed by atoms with Gasteiger partial charge in [-0.1, -0.05) is 18.9 Å². The molecule has 1 saturated carbocycles. The Morgan fingerprint density at radius 1 is 1.41 bits per heavy atom. The highest BCUT2D eigenvalue weighted by Crippen LogP contribution is 2.32. The minimum Gasteiger partial charge on any atom is -0.384 e. The number of benzene rings is 1. The van der Waals surface area contributed by atoms with Gasteiger partial charge in [-0.2, -0.15) is 0 Å². The van der Waals surface area contributed by atoms with Crippen LogP contribution in [-0.4, -0.2) is 11.6 Å². The van der Waals surface area contributed by atoms with Crippen molar-refractivity contribution in [3.8, 4) is 0 Å². The van der Waals surface area contributed by atoms with Crippen molar-refractivity contribution in [2.24, 2.45) is 11.7 Å². The molecule has 0 bridgehead atoms. The van der Waals surface area contributed by atoms with E-state index in [0.717, 1.165) is 11.5 Å². The highest BCUT2D eigenvalue weighted by molar-refractivity contribution is 7.99. The Bertz CT molecular complexity index is 409. The van der Waals surface area contributed by atoms with Crippen molar-refractivity contribution in [1.82, 2.24) is 0 Å². The molecule has 3 N–H and O–H groups in total. The van der Waals surface area contributed by atoms with Crippen molar-refractivity contribution >= 4 is 17.6 Å². The summed E-state index contributed by atoms with van der Waals surface area (Å²) in [6.07, 6.45) is 5.51. The minimum atomic E-state index is 0.180. The van der Waals surface area contributed by atoms with Gasteiger partial charge in [0.05, 0.1) is 0 Å². The molecule has 0 aromatic heterocycles. The van der Waals surface area contributed by atoms with Crippen LogP contribution in [0.2, 0.25) is 0 Å². The number of amidine groups is 1. The van der Waals surface area contributed by atoms with Gasteiger partial charge in [-0.15, -0.1) is 11.8 Å². The summed E-state index contributed by atoms with van der Waals surface area (Å²) >= 11 is 1.87. The van der Waals surface area contributed by atoms with Crippen molar-refractivity contribution < 1.29 is 0 Å². The highest BCUT2D eigenvalue weighted by Gasteiger charge is 2.16. The third kappa shape index (κ3) is 3.25. The third-order valence-electron chi connectivity index (χ3n) is 3.38. The first kappa shape index (κ1) is 12.5. The van der Waals surface area contributed by atoms with E-state index in [1.807, 2.05) is 23.9 Å². The topological polar surface area (TPSA) is 49.9 Å². The molecular weight excluding hydrogens is 228 g/mol. The van der Waals surface area contributed by atoms with Gasteiger partial charge in [0.25, 0.3) is 0 Å². The van der Waals surface area contributed by atoms with Gasteiger partial charge >= 0.3 is 0 Å². The van der Waals surface area contributed by atoms with Gasteiger partial charge in [0.15, 0.2) is 0 Å². The maximum absolute atomic E-state index is 7.60. The van der Waals surface area contributed by atoms with Crippen LogP contribution in [0.5, 0.6) is 0 Å². The molecule has 1 aromatic rings. The lowest BCUT2D eigenvalue weighted by Gasteiger charge is -2.12. The van der Waals surface area contributed by atoms with Crippen LogP contribution in [0, 0.1) is 18.3 Å². The van der Waals surface area contributed by atoms with Crippen LogP contribution in [0.3, 0.4) is 0 Å². The van der Waals surface area contributed by atoms with Crippen molar-refractivity contribution in [2.45, 2.75) is 37.5 Å². The van der Waals surface area contributed by atoms with E-state index in [1.54, 1.807) is 0 Å². The molecule has 17 heavy (non-hydrogen) atoms. The Kier molecular flexibility index (Phi) is 4.11. The Morgan fingerprint density at radius 2 is 2.12 bits per heavy atom. The van der Waals surface area contributed by atoms with E-state index < -0.39 is 0 Å². The molecule has 1 fully saturated rings. The van der Waals surface area contributed by atoms with Crippen LogP contribution in [0.15, 0.2) is 23.1 Å². The van der Waals surface area contributed by atoms with Gasteiger partial charge in [0.2, 0.25) is 0 Å². The standard InChI is InChI=1S/C14H20N2S/c1-10-6-7-12(14(15)16)13(8-10)17-9-11-4-2-3-5-11/h6-8,11H,2-5,9H2,1H3,(H3,15,16). The second-order valence-corrected chi connectivity index (χ2v) is 5.94. The smallest absolute Gasteiger partial charge is 0.123 e. The van der Waals surface area contributed by atoms with E-state index in [9.17, 15) is 0 Å². The number of nitrogens with one attached hydrogen (secondary N) is 1. The van der Waals surface area contributed by atoms with Gasteiger partial charge in [-0.25, -0.2) is 0 Å². The van der Waals surface area contributed by atoms with E-state index in [-0.39, 0.29) is 5.84 Å². The van der Waals surface area contributed by atoms with E-state index in [1.165, 1.54) is 41.9 Å². The first-order chi connectivity index (χ1) is 8.16. The zero-order valence-corrected chi connectivity index (χ0v) is 11.1. The molecule has 2 nitrogen and oxygen atoms in total. The SMILES string of the molecule is Cc1ccc(C(=N)N)c(SCC2CCCC2)c1. The summed E-state index contributed by atoms with van der Waals surface area (Å²) < 4.78 is 0. The Balaban J connectivity index is 2.07. The van der Waals surface area contributed by atoms with E-state index >= 15 is 0 Å². The third-order valence-corrected chi connectivity index (χ3v) is 4.66. The minimum absolute atomic E-state index is 0.180. The lowest BCUT2D eigenvalue weighted by Crippen LogP contribution is -2.12. The molecular formula is C14H20N2S. The fourth-order valence-electron chi connectivity index (χ4n) is 2.36. The molecule has 0 spiro atoms. The van der Waals surface area contributed by atoms with Crippen LogP contribution in [0.25, 0.3) is 0 Å². The van der Waals surface area contributed by atoms with E-state index in [4.69, 9.17) is 11.1 Å². The summed E-state index contributed by atoms with van der Waals surface area (Å²) in [6, 6.07) is 6.14. The number of aryl methyl sites for hydroxylation is 1. The molecule has 0 heterocycles. The summed E-state index contributed by atoms with van der Waals surface area (Å²) in [5.74, 6) is 2.21. The quantitative estimate of drug-likeness (QED) is 0.486. The van der Waals surface area contributed by atoms with E-state index in [0.29, 0.717) is 0 Å². The predicted molar refractivity (Wildman–Crippen MR) is 74.9 cm³/mol. The van der Waals surface area contributed by atoms with Crippen LogP contribution in [-0.2, 0) is 0 Å². The molecule has 1 aliphatic carbocycles. The molecule has 3 heteroatoms. The fourth-order valence-corrected chi connectivity index (χ4v) is 3.71. The first-order valence-corrected chi connectivity index (χ1v) is 7.23. The second kappa shape index (κ2) is 5.58. The predicted octanol–water partition coefficient (Wildman–Crippen LogP) is 3.56. The van der Waals surface area contributed by atoms with Gasteiger partial charge in [-0.3, -0.25) is 5.41 Å². The maximum Gasteiger partial charge on any atom is 0.123 e. The Labute approximate surface area is 107 Å².